The predicted octanol–water partition coefficient (Wildman–Crippen LogP) is 3.16. The number of halogens is 2. The maximum Gasteiger partial charge on any atom is 0.345 e. The fourth-order valence-electron chi connectivity index (χ4n) is 1.50. The third-order valence-electron chi connectivity index (χ3n) is 2.53. The molecule has 1 aromatic rings. The van der Waals surface area contributed by atoms with Gasteiger partial charge in [0.2, 0.25) is 0 Å². The average molecular weight is 406 g/mol. The Morgan fingerprint density at radius 3 is 2.00 bits per heavy atom. The number of alkyl halides is 2. The maximum atomic E-state index is 11.6. The van der Waals surface area contributed by atoms with E-state index in [1.54, 1.807) is 0 Å². The van der Waals surface area contributed by atoms with Crippen molar-refractivity contribution in [2.75, 3.05) is 14.2 Å². The Labute approximate surface area is 134 Å². The molecule has 0 saturated heterocycles. The van der Waals surface area contributed by atoms with E-state index in [1.165, 1.54) is 20.3 Å². The van der Waals surface area contributed by atoms with E-state index in [2.05, 4.69) is 41.3 Å². The monoisotopic (exact) mass is 404 g/mol. The lowest BCUT2D eigenvalue weighted by molar-refractivity contribution is -0.144. The second-order valence-corrected chi connectivity index (χ2v) is 5.86. The normalized spacial score (nSPS) is 13.0. The highest BCUT2D eigenvalue weighted by Crippen LogP contribution is 2.32. The predicted molar refractivity (Wildman–Crippen MR) is 82.9 cm³/mol. The van der Waals surface area contributed by atoms with Gasteiger partial charge in [-0.25, -0.2) is 9.59 Å². The molecule has 0 heterocycles. The highest BCUT2D eigenvalue weighted by Gasteiger charge is 2.24. The highest BCUT2D eigenvalue weighted by atomic mass is 79.9. The largest absolute Gasteiger partial charge is 0.465 e. The van der Waals surface area contributed by atoms with Gasteiger partial charge < -0.3 is 9.47 Å². The van der Waals surface area contributed by atoms with Crippen molar-refractivity contribution in [3.63, 3.8) is 0 Å². The zero-order chi connectivity index (χ0) is 15.1. The van der Waals surface area contributed by atoms with Crippen LogP contribution in [0.4, 0.5) is 0 Å². The molecule has 0 aromatic heterocycles. The lowest BCUT2D eigenvalue weighted by atomic mass is 10.1. The molecule has 0 spiro atoms. The summed E-state index contributed by atoms with van der Waals surface area (Å²) in [5.41, 5.74) is 0.872. The molecule has 0 N–H and O–H groups in total. The molecule has 20 heavy (non-hydrogen) atoms. The van der Waals surface area contributed by atoms with Gasteiger partial charge in [-0.1, -0.05) is 62.2 Å². The van der Waals surface area contributed by atoms with Crippen LogP contribution in [0, 0.1) is 0 Å². The average Bonchev–Trinajstić information content (AvgIpc) is 2.50. The summed E-state index contributed by atoms with van der Waals surface area (Å²) in [4.78, 5) is 22.8. The standard InChI is InChI=1S/C14H14Br2O4/c1-19-13(17)10(14(18)20-2)8-11(15)12(16)9-6-4-3-5-7-9/h3-8,11-12H,1-2H3. The first kappa shape index (κ1) is 16.9. The lowest BCUT2D eigenvalue weighted by Gasteiger charge is -2.15. The highest BCUT2D eigenvalue weighted by molar-refractivity contribution is 9.12. The van der Waals surface area contributed by atoms with Crippen LogP contribution < -0.4 is 0 Å². The quantitative estimate of drug-likeness (QED) is 0.248. The summed E-state index contributed by atoms with van der Waals surface area (Å²) in [5, 5.41) is 0. The molecule has 2 unspecified atom stereocenters. The molecule has 0 amide bonds. The van der Waals surface area contributed by atoms with Gasteiger partial charge in [0.25, 0.3) is 0 Å². The molecule has 0 aliphatic rings. The van der Waals surface area contributed by atoms with Gasteiger partial charge in [0.1, 0.15) is 5.57 Å². The summed E-state index contributed by atoms with van der Waals surface area (Å²) < 4.78 is 9.15. The van der Waals surface area contributed by atoms with Crippen molar-refractivity contribution < 1.29 is 19.1 Å². The Kier molecular flexibility index (Phi) is 6.95. The first-order valence-electron chi connectivity index (χ1n) is 5.72. The van der Waals surface area contributed by atoms with E-state index >= 15 is 0 Å². The summed E-state index contributed by atoms with van der Waals surface area (Å²) in [5.74, 6) is -1.46. The van der Waals surface area contributed by atoms with Gasteiger partial charge in [-0.3, -0.25) is 0 Å². The van der Waals surface area contributed by atoms with Crippen molar-refractivity contribution in [1.82, 2.24) is 0 Å². The van der Waals surface area contributed by atoms with Crippen LogP contribution in [-0.2, 0) is 19.1 Å². The van der Waals surface area contributed by atoms with Crippen LogP contribution in [0.3, 0.4) is 0 Å². The summed E-state index contributed by atoms with van der Waals surface area (Å²) in [6.45, 7) is 0. The molecule has 1 rings (SSSR count). The van der Waals surface area contributed by atoms with Crippen molar-refractivity contribution in [2.45, 2.75) is 9.65 Å². The maximum absolute atomic E-state index is 11.6. The molecule has 6 heteroatoms. The number of ether oxygens (including phenoxy) is 2. The lowest BCUT2D eigenvalue weighted by Crippen LogP contribution is -2.18. The van der Waals surface area contributed by atoms with Crippen LogP contribution in [0.5, 0.6) is 0 Å². The fraction of sp³-hybridized carbons (Fsp3) is 0.286. The van der Waals surface area contributed by atoms with Crippen molar-refractivity contribution in [1.29, 1.82) is 0 Å². The molecule has 0 bridgehead atoms. The van der Waals surface area contributed by atoms with Crippen molar-refractivity contribution in [2.24, 2.45) is 0 Å². The number of methoxy groups -OCH3 is 2. The number of allylic oxidation sites excluding steroid dienone is 1. The molecular formula is C14H14Br2O4. The zero-order valence-corrected chi connectivity index (χ0v) is 14.2. The number of rotatable bonds is 5. The number of hydrogen-bond acceptors (Lipinski definition) is 4. The molecule has 0 aliphatic carbocycles. The third kappa shape index (κ3) is 4.45. The number of benzene rings is 1. The van der Waals surface area contributed by atoms with Crippen LogP contribution in [0.25, 0.3) is 0 Å². The first-order chi connectivity index (χ1) is 9.51. The zero-order valence-electron chi connectivity index (χ0n) is 11.0. The van der Waals surface area contributed by atoms with Gasteiger partial charge in [0.05, 0.1) is 23.9 Å². The molecule has 0 saturated carbocycles. The topological polar surface area (TPSA) is 52.6 Å². The third-order valence-corrected chi connectivity index (χ3v) is 5.13. The van der Waals surface area contributed by atoms with Crippen molar-refractivity contribution in [3.05, 3.63) is 47.5 Å². The van der Waals surface area contributed by atoms with Gasteiger partial charge in [-0.15, -0.1) is 0 Å². The van der Waals surface area contributed by atoms with E-state index in [4.69, 9.17) is 0 Å². The SMILES string of the molecule is COC(=O)C(=CC(Br)C(Br)c1ccccc1)C(=O)OC. The van der Waals surface area contributed by atoms with Gasteiger partial charge in [-0.2, -0.15) is 0 Å². The fourth-order valence-corrected chi connectivity index (χ4v) is 2.53. The van der Waals surface area contributed by atoms with Crippen LogP contribution in [0.2, 0.25) is 0 Å². The molecular weight excluding hydrogens is 392 g/mol. The van der Waals surface area contributed by atoms with Gasteiger partial charge in [0, 0.05) is 0 Å². The number of esters is 2. The summed E-state index contributed by atoms with van der Waals surface area (Å²) in [6, 6.07) is 9.62. The van der Waals surface area contributed by atoms with Crippen molar-refractivity contribution >= 4 is 43.8 Å². The molecule has 2 atom stereocenters. The van der Waals surface area contributed by atoms with Gasteiger partial charge >= 0.3 is 11.9 Å². The van der Waals surface area contributed by atoms with Crippen LogP contribution in [0.15, 0.2) is 42.0 Å². The van der Waals surface area contributed by atoms with E-state index in [0.29, 0.717) is 0 Å². The number of hydrogen-bond donors (Lipinski definition) is 0. The number of carbonyl (C=O) groups excluding carboxylic acids is 2. The van der Waals surface area contributed by atoms with E-state index in [-0.39, 0.29) is 15.2 Å². The Morgan fingerprint density at radius 1 is 1.05 bits per heavy atom. The minimum absolute atomic E-state index is 0.104. The number of carbonyl (C=O) groups is 2. The second kappa shape index (κ2) is 8.21. The van der Waals surface area contributed by atoms with E-state index in [1.807, 2.05) is 30.3 Å². The van der Waals surface area contributed by atoms with E-state index in [0.717, 1.165) is 5.56 Å². The molecule has 0 fully saturated rings. The minimum atomic E-state index is -0.728. The van der Waals surface area contributed by atoms with E-state index in [9.17, 15) is 9.59 Å². The molecule has 0 radical (unpaired) electrons. The molecule has 108 valence electrons. The first-order valence-corrected chi connectivity index (χ1v) is 7.56. The Hall–Kier alpha value is -1.14. The summed E-state index contributed by atoms with van der Waals surface area (Å²) in [7, 11) is 2.43. The minimum Gasteiger partial charge on any atom is -0.465 e. The second-order valence-electron chi connectivity index (χ2n) is 3.82. The smallest absolute Gasteiger partial charge is 0.345 e. The Bertz CT molecular complexity index is 481. The summed E-state index contributed by atoms with van der Waals surface area (Å²) >= 11 is 6.96. The molecule has 0 aliphatic heterocycles. The van der Waals surface area contributed by atoms with Gasteiger partial charge in [0.15, 0.2) is 0 Å². The summed E-state index contributed by atoms with van der Waals surface area (Å²) in [6.07, 6.45) is 1.48. The van der Waals surface area contributed by atoms with Crippen LogP contribution in [-0.4, -0.2) is 31.0 Å². The Balaban J connectivity index is 2.99. The van der Waals surface area contributed by atoms with Crippen molar-refractivity contribution in [3.8, 4) is 0 Å². The molecule has 1 aromatic carbocycles. The van der Waals surface area contributed by atoms with Crippen LogP contribution in [0.1, 0.15) is 10.4 Å². The Morgan fingerprint density at radius 2 is 1.55 bits per heavy atom. The van der Waals surface area contributed by atoms with E-state index < -0.39 is 11.9 Å². The van der Waals surface area contributed by atoms with Gasteiger partial charge in [-0.05, 0) is 11.6 Å². The molecule has 4 nitrogen and oxygen atoms in total. The van der Waals surface area contributed by atoms with Crippen LogP contribution >= 0.6 is 31.9 Å².